The maximum absolute atomic E-state index is 13.2. The average Bonchev–Trinajstić information content (AvgIpc) is 3.53. The molecule has 0 N–H and O–H groups in total. The second kappa shape index (κ2) is 8.84. The van der Waals surface area contributed by atoms with Crippen LogP contribution in [-0.4, -0.2) is 60.9 Å². The second-order valence-corrected chi connectivity index (χ2v) is 10.4. The van der Waals surface area contributed by atoms with Gasteiger partial charge in [-0.2, -0.15) is 0 Å². The van der Waals surface area contributed by atoms with Gasteiger partial charge in [-0.3, -0.25) is 9.59 Å². The Morgan fingerprint density at radius 1 is 0.839 bits per heavy atom. The Hall–Kier alpha value is -2.04. The van der Waals surface area contributed by atoms with Crippen LogP contribution in [0.4, 0.5) is 5.69 Å². The van der Waals surface area contributed by atoms with Gasteiger partial charge in [0.2, 0.25) is 11.8 Å². The average molecular weight is 424 g/mol. The highest BCUT2D eigenvalue weighted by molar-refractivity contribution is 5.83. The maximum Gasteiger partial charge on any atom is 0.226 e. The number of piperidine rings is 1. The zero-order chi connectivity index (χ0) is 21.3. The molecule has 1 aromatic rings. The van der Waals surface area contributed by atoms with Gasteiger partial charge in [-0.05, 0) is 55.6 Å². The fourth-order valence-electron chi connectivity index (χ4n) is 6.26. The largest absolute Gasteiger partial charge is 0.368 e. The SMILES string of the molecule is O=C(CC1CCCCC1)N1CCC2(CC1)CC2C(=O)N1CCN(c2ccccc2)CC1. The van der Waals surface area contributed by atoms with E-state index in [1.165, 1.54) is 37.8 Å². The highest BCUT2D eigenvalue weighted by atomic mass is 16.2. The minimum absolute atomic E-state index is 0.190. The van der Waals surface area contributed by atoms with E-state index in [0.29, 0.717) is 17.7 Å². The van der Waals surface area contributed by atoms with Crippen molar-refractivity contribution in [3.8, 4) is 0 Å². The Bertz CT molecular complexity index is 773. The third-order valence-electron chi connectivity index (χ3n) is 8.50. The molecule has 0 radical (unpaired) electrons. The summed E-state index contributed by atoms with van der Waals surface area (Å²) in [6.45, 7) is 5.20. The normalized spacial score (nSPS) is 26.2. The monoisotopic (exact) mass is 423 g/mol. The Kier molecular flexibility index (Phi) is 5.94. The van der Waals surface area contributed by atoms with Crippen LogP contribution in [0.15, 0.2) is 30.3 Å². The van der Waals surface area contributed by atoms with Crippen molar-refractivity contribution in [1.29, 1.82) is 0 Å². The van der Waals surface area contributed by atoms with Crippen molar-refractivity contribution in [3.63, 3.8) is 0 Å². The van der Waals surface area contributed by atoms with Crippen LogP contribution in [0.1, 0.15) is 57.8 Å². The molecule has 4 aliphatic rings. The van der Waals surface area contributed by atoms with Gasteiger partial charge in [-0.15, -0.1) is 0 Å². The number of para-hydroxylation sites is 1. The van der Waals surface area contributed by atoms with Crippen LogP contribution in [0, 0.1) is 17.3 Å². The van der Waals surface area contributed by atoms with E-state index in [1.807, 2.05) is 6.07 Å². The number of carbonyl (C=O) groups excluding carboxylic acids is 2. The number of benzene rings is 1. The fourth-order valence-corrected chi connectivity index (χ4v) is 6.26. The van der Waals surface area contributed by atoms with Crippen LogP contribution in [0.5, 0.6) is 0 Å². The number of carbonyl (C=O) groups is 2. The summed E-state index contributed by atoms with van der Waals surface area (Å²) in [5.74, 6) is 1.55. The van der Waals surface area contributed by atoms with Gasteiger partial charge in [0.1, 0.15) is 0 Å². The van der Waals surface area contributed by atoms with E-state index in [4.69, 9.17) is 0 Å². The lowest BCUT2D eigenvalue weighted by molar-refractivity contribution is -0.135. The fraction of sp³-hybridized carbons (Fsp3) is 0.692. The number of hydrogen-bond donors (Lipinski definition) is 0. The molecule has 0 aromatic heterocycles. The van der Waals surface area contributed by atoms with Crippen molar-refractivity contribution < 1.29 is 9.59 Å². The Morgan fingerprint density at radius 3 is 2.19 bits per heavy atom. The van der Waals surface area contributed by atoms with Gasteiger partial charge in [-0.25, -0.2) is 0 Å². The summed E-state index contributed by atoms with van der Waals surface area (Å²) in [6.07, 6.45) is 10.2. The summed E-state index contributed by atoms with van der Waals surface area (Å²) in [6, 6.07) is 10.5. The summed E-state index contributed by atoms with van der Waals surface area (Å²) in [5.41, 5.74) is 1.44. The predicted molar refractivity (Wildman–Crippen MR) is 123 cm³/mol. The molecule has 0 bridgehead atoms. The maximum atomic E-state index is 13.2. The number of rotatable bonds is 4. The van der Waals surface area contributed by atoms with Crippen molar-refractivity contribution in [1.82, 2.24) is 9.80 Å². The lowest BCUT2D eigenvalue weighted by atomic mass is 9.86. The summed E-state index contributed by atoms with van der Waals surface area (Å²) in [5, 5.41) is 0. The van der Waals surface area contributed by atoms with Crippen LogP contribution in [0.3, 0.4) is 0 Å². The summed E-state index contributed by atoms with van der Waals surface area (Å²) in [7, 11) is 0. The number of anilines is 1. The summed E-state index contributed by atoms with van der Waals surface area (Å²) < 4.78 is 0. The molecule has 2 aliphatic heterocycles. The first-order chi connectivity index (χ1) is 15.1. The van der Waals surface area contributed by atoms with Crippen LogP contribution < -0.4 is 4.90 Å². The highest BCUT2D eigenvalue weighted by Gasteiger charge is 2.59. The Morgan fingerprint density at radius 2 is 1.52 bits per heavy atom. The van der Waals surface area contributed by atoms with E-state index >= 15 is 0 Å². The number of nitrogens with zero attached hydrogens (tertiary/aromatic N) is 3. The molecular formula is C26H37N3O2. The molecule has 2 saturated heterocycles. The number of likely N-dealkylation sites (tertiary alicyclic amines) is 1. The van der Waals surface area contributed by atoms with Gasteiger partial charge in [0, 0.05) is 57.3 Å². The van der Waals surface area contributed by atoms with Gasteiger partial charge in [0.05, 0.1) is 0 Å². The Balaban J connectivity index is 1.08. The second-order valence-electron chi connectivity index (χ2n) is 10.4. The molecule has 2 heterocycles. The van der Waals surface area contributed by atoms with Gasteiger partial charge in [-0.1, -0.05) is 37.5 Å². The molecule has 2 saturated carbocycles. The zero-order valence-electron chi connectivity index (χ0n) is 18.8. The van der Waals surface area contributed by atoms with Crippen molar-refractivity contribution in [2.24, 2.45) is 17.3 Å². The van der Waals surface area contributed by atoms with Gasteiger partial charge in [0.25, 0.3) is 0 Å². The first-order valence-electron chi connectivity index (χ1n) is 12.5. The van der Waals surface area contributed by atoms with E-state index in [0.717, 1.165) is 65.0 Å². The summed E-state index contributed by atoms with van der Waals surface area (Å²) in [4.78, 5) is 32.5. The molecule has 1 aromatic carbocycles. The number of piperazine rings is 1. The molecule has 1 unspecified atom stereocenters. The van der Waals surface area contributed by atoms with Crippen LogP contribution in [0.25, 0.3) is 0 Å². The third-order valence-corrected chi connectivity index (χ3v) is 8.50. The number of hydrogen-bond acceptors (Lipinski definition) is 3. The minimum Gasteiger partial charge on any atom is -0.368 e. The molecular weight excluding hydrogens is 386 g/mol. The molecule has 5 rings (SSSR count). The van der Waals surface area contributed by atoms with E-state index in [2.05, 4.69) is 39.0 Å². The third kappa shape index (κ3) is 4.47. The molecule has 1 spiro atoms. The smallest absolute Gasteiger partial charge is 0.226 e. The molecule has 1 atom stereocenters. The molecule has 168 valence electrons. The molecule has 2 amide bonds. The van der Waals surface area contributed by atoms with Crippen LogP contribution in [-0.2, 0) is 9.59 Å². The Labute approximate surface area is 186 Å². The van der Waals surface area contributed by atoms with Crippen LogP contribution in [0.2, 0.25) is 0 Å². The molecule has 5 nitrogen and oxygen atoms in total. The zero-order valence-corrected chi connectivity index (χ0v) is 18.8. The predicted octanol–water partition coefficient (Wildman–Crippen LogP) is 3.93. The van der Waals surface area contributed by atoms with Gasteiger partial charge >= 0.3 is 0 Å². The quantitative estimate of drug-likeness (QED) is 0.737. The van der Waals surface area contributed by atoms with E-state index in [1.54, 1.807) is 0 Å². The molecule has 4 fully saturated rings. The molecule has 31 heavy (non-hydrogen) atoms. The van der Waals surface area contributed by atoms with Gasteiger partial charge < -0.3 is 14.7 Å². The van der Waals surface area contributed by atoms with Crippen molar-refractivity contribution >= 4 is 17.5 Å². The highest BCUT2D eigenvalue weighted by Crippen LogP contribution is 2.60. The lowest BCUT2D eigenvalue weighted by Crippen LogP contribution is -2.50. The van der Waals surface area contributed by atoms with E-state index < -0.39 is 0 Å². The van der Waals surface area contributed by atoms with Crippen molar-refractivity contribution in [2.75, 3.05) is 44.2 Å². The lowest BCUT2D eigenvalue weighted by Gasteiger charge is -2.37. The summed E-state index contributed by atoms with van der Waals surface area (Å²) >= 11 is 0. The standard InChI is InChI=1S/C26H37N3O2/c30-24(19-21-7-3-1-4-8-21)28-13-11-26(12-14-28)20-23(26)25(31)29-17-15-27(16-18-29)22-9-5-2-6-10-22/h2,5-6,9-10,21,23H,1,3-4,7-8,11-20H2. The van der Waals surface area contributed by atoms with Crippen LogP contribution >= 0.6 is 0 Å². The first-order valence-corrected chi connectivity index (χ1v) is 12.5. The molecule has 2 aliphatic carbocycles. The topological polar surface area (TPSA) is 43.9 Å². The van der Waals surface area contributed by atoms with Gasteiger partial charge in [0.15, 0.2) is 0 Å². The molecule has 5 heteroatoms. The van der Waals surface area contributed by atoms with Crippen molar-refractivity contribution in [3.05, 3.63) is 30.3 Å². The van der Waals surface area contributed by atoms with E-state index in [-0.39, 0.29) is 11.3 Å². The number of amides is 2. The minimum atomic E-state index is 0.190. The first kappa shape index (κ1) is 20.8. The van der Waals surface area contributed by atoms with Crippen molar-refractivity contribution in [2.45, 2.75) is 57.8 Å². The van der Waals surface area contributed by atoms with E-state index in [9.17, 15) is 9.59 Å².